The van der Waals surface area contributed by atoms with Gasteiger partial charge in [-0.1, -0.05) is 6.07 Å². The monoisotopic (exact) mass is 308 g/mol. The molecule has 0 aliphatic rings. The summed E-state index contributed by atoms with van der Waals surface area (Å²) in [7, 11) is 3.44. The van der Waals surface area contributed by atoms with Gasteiger partial charge in [-0.2, -0.15) is 0 Å². The number of aromatic nitrogens is 2. The lowest BCUT2D eigenvalue weighted by atomic mass is 10.2. The fourth-order valence-electron chi connectivity index (χ4n) is 2.23. The third-order valence-corrected chi connectivity index (χ3v) is 3.50. The van der Waals surface area contributed by atoms with Crippen molar-refractivity contribution in [2.75, 3.05) is 20.6 Å². The summed E-state index contributed by atoms with van der Waals surface area (Å²) in [6, 6.07) is 6.05. The molecule has 1 aromatic carbocycles. The maximum Gasteiger partial charge on any atom is 0.316 e. The Labute approximate surface area is 129 Å². The summed E-state index contributed by atoms with van der Waals surface area (Å²) >= 11 is 6.23. The number of nitrogens with one attached hydrogen (secondary N) is 1. The van der Waals surface area contributed by atoms with Crippen molar-refractivity contribution in [3.63, 3.8) is 0 Å². The summed E-state index contributed by atoms with van der Waals surface area (Å²) in [6.45, 7) is 5.13. The Morgan fingerprint density at radius 1 is 1.48 bits per heavy atom. The van der Waals surface area contributed by atoms with Gasteiger partial charge in [0, 0.05) is 27.2 Å². The molecule has 0 fully saturated rings. The van der Waals surface area contributed by atoms with Gasteiger partial charge in [0.2, 0.25) is 0 Å². The second kappa shape index (κ2) is 6.35. The van der Waals surface area contributed by atoms with E-state index >= 15 is 0 Å². The molecule has 21 heavy (non-hydrogen) atoms. The highest BCUT2D eigenvalue weighted by atomic mass is 35.5. The van der Waals surface area contributed by atoms with E-state index < -0.39 is 0 Å². The first-order valence-corrected chi connectivity index (χ1v) is 7.40. The molecule has 1 N–H and O–H groups in total. The Bertz CT molecular complexity index is 648. The van der Waals surface area contributed by atoms with Crippen LogP contribution in [0.1, 0.15) is 23.7 Å². The van der Waals surface area contributed by atoms with Crippen LogP contribution in [-0.4, -0.2) is 41.1 Å². The number of aryl methyl sites for hydroxylation is 1. The van der Waals surface area contributed by atoms with Gasteiger partial charge >= 0.3 is 6.03 Å². The number of alkyl halides is 1. The van der Waals surface area contributed by atoms with Crippen molar-refractivity contribution in [1.82, 2.24) is 19.8 Å². The van der Waals surface area contributed by atoms with Crippen molar-refractivity contribution >= 4 is 28.7 Å². The van der Waals surface area contributed by atoms with E-state index in [0.29, 0.717) is 13.1 Å². The van der Waals surface area contributed by atoms with E-state index in [0.717, 1.165) is 16.9 Å². The number of hydrogen-bond acceptors (Lipinski definition) is 2. The molecular formula is C15H21ClN4O. The number of rotatable bonds is 4. The third-order valence-electron chi connectivity index (χ3n) is 3.31. The SMILES string of the molecule is Cc1ccc2c(c1)nc(C(C)Cl)n2CCNC(=O)N(C)C. The van der Waals surface area contributed by atoms with Gasteiger partial charge in [-0.25, -0.2) is 9.78 Å². The lowest BCUT2D eigenvalue weighted by Gasteiger charge is -2.14. The summed E-state index contributed by atoms with van der Waals surface area (Å²) < 4.78 is 2.07. The number of urea groups is 1. The summed E-state index contributed by atoms with van der Waals surface area (Å²) in [5, 5.41) is 2.68. The molecule has 1 aromatic heterocycles. The second-order valence-electron chi connectivity index (χ2n) is 5.36. The van der Waals surface area contributed by atoms with Crippen LogP contribution in [0.2, 0.25) is 0 Å². The Hall–Kier alpha value is -1.75. The number of hydrogen-bond donors (Lipinski definition) is 1. The van der Waals surface area contributed by atoms with E-state index in [-0.39, 0.29) is 11.4 Å². The molecular weight excluding hydrogens is 288 g/mol. The van der Waals surface area contributed by atoms with E-state index in [2.05, 4.69) is 20.9 Å². The lowest BCUT2D eigenvalue weighted by molar-refractivity contribution is 0.217. The van der Waals surface area contributed by atoms with Gasteiger partial charge in [0.15, 0.2) is 0 Å². The number of halogens is 1. The predicted octanol–water partition coefficient (Wildman–Crippen LogP) is 2.92. The molecule has 2 amide bonds. The first-order chi connectivity index (χ1) is 9.90. The van der Waals surface area contributed by atoms with Crippen LogP contribution in [0.15, 0.2) is 18.2 Å². The maximum absolute atomic E-state index is 11.6. The Morgan fingerprint density at radius 2 is 2.19 bits per heavy atom. The van der Waals surface area contributed by atoms with Gasteiger partial charge in [-0.3, -0.25) is 0 Å². The summed E-state index contributed by atoms with van der Waals surface area (Å²) in [5.41, 5.74) is 3.15. The summed E-state index contributed by atoms with van der Waals surface area (Å²) in [4.78, 5) is 17.7. The molecule has 0 radical (unpaired) electrons. The highest BCUT2D eigenvalue weighted by molar-refractivity contribution is 6.20. The molecule has 2 aromatic rings. The molecule has 0 aliphatic carbocycles. The Morgan fingerprint density at radius 3 is 2.81 bits per heavy atom. The van der Waals surface area contributed by atoms with E-state index in [1.807, 2.05) is 26.0 Å². The molecule has 0 saturated heterocycles. The number of carbonyl (C=O) groups is 1. The van der Waals surface area contributed by atoms with E-state index in [1.165, 1.54) is 10.5 Å². The molecule has 1 unspecified atom stereocenters. The van der Waals surface area contributed by atoms with Crippen LogP contribution in [0, 0.1) is 6.92 Å². The quantitative estimate of drug-likeness (QED) is 0.883. The van der Waals surface area contributed by atoms with Crippen molar-refractivity contribution < 1.29 is 4.79 Å². The smallest absolute Gasteiger partial charge is 0.316 e. The molecule has 5 nitrogen and oxygen atoms in total. The maximum atomic E-state index is 11.6. The minimum Gasteiger partial charge on any atom is -0.336 e. The van der Waals surface area contributed by atoms with Crippen molar-refractivity contribution in [2.45, 2.75) is 25.8 Å². The highest BCUT2D eigenvalue weighted by Crippen LogP contribution is 2.25. The molecule has 1 atom stereocenters. The van der Waals surface area contributed by atoms with Crippen LogP contribution in [0.3, 0.4) is 0 Å². The van der Waals surface area contributed by atoms with Crippen LogP contribution < -0.4 is 5.32 Å². The van der Waals surface area contributed by atoms with E-state index in [4.69, 9.17) is 11.6 Å². The minimum atomic E-state index is -0.178. The fourth-order valence-corrected chi connectivity index (χ4v) is 2.40. The summed E-state index contributed by atoms with van der Waals surface area (Å²) in [5.74, 6) is 0.830. The fraction of sp³-hybridized carbons (Fsp3) is 0.467. The van der Waals surface area contributed by atoms with Crippen LogP contribution in [0.25, 0.3) is 11.0 Å². The molecule has 2 rings (SSSR count). The van der Waals surface area contributed by atoms with E-state index in [1.54, 1.807) is 14.1 Å². The van der Waals surface area contributed by atoms with Gasteiger partial charge < -0.3 is 14.8 Å². The summed E-state index contributed by atoms with van der Waals surface area (Å²) in [6.07, 6.45) is 0. The van der Waals surface area contributed by atoms with Crippen molar-refractivity contribution in [3.05, 3.63) is 29.6 Å². The van der Waals surface area contributed by atoms with Crippen molar-refractivity contribution in [2.24, 2.45) is 0 Å². The standard InChI is InChI=1S/C15H21ClN4O/c1-10-5-6-13-12(9-10)18-14(11(2)16)20(13)8-7-17-15(21)19(3)4/h5-6,9,11H,7-8H2,1-4H3,(H,17,21). The number of benzene rings is 1. The minimum absolute atomic E-state index is 0.101. The third kappa shape index (κ3) is 3.47. The average molecular weight is 309 g/mol. The normalized spacial score (nSPS) is 12.4. The Kier molecular flexibility index (Phi) is 4.73. The number of amides is 2. The molecule has 114 valence electrons. The number of imidazole rings is 1. The Balaban J connectivity index is 2.24. The van der Waals surface area contributed by atoms with Crippen LogP contribution >= 0.6 is 11.6 Å². The highest BCUT2D eigenvalue weighted by Gasteiger charge is 2.15. The van der Waals surface area contributed by atoms with Gasteiger partial charge in [0.05, 0.1) is 16.4 Å². The molecule has 1 heterocycles. The van der Waals surface area contributed by atoms with Crippen molar-refractivity contribution in [3.8, 4) is 0 Å². The average Bonchev–Trinajstić information content (AvgIpc) is 2.76. The zero-order valence-corrected chi connectivity index (χ0v) is 13.6. The predicted molar refractivity (Wildman–Crippen MR) is 85.8 cm³/mol. The molecule has 0 saturated carbocycles. The number of nitrogens with zero attached hydrogens (tertiary/aromatic N) is 3. The lowest BCUT2D eigenvalue weighted by Crippen LogP contribution is -2.36. The van der Waals surface area contributed by atoms with Gasteiger partial charge in [-0.05, 0) is 31.5 Å². The zero-order chi connectivity index (χ0) is 15.6. The zero-order valence-electron chi connectivity index (χ0n) is 12.9. The first-order valence-electron chi connectivity index (χ1n) is 6.96. The van der Waals surface area contributed by atoms with Crippen LogP contribution in [0.5, 0.6) is 0 Å². The molecule has 0 aliphatic heterocycles. The van der Waals surface area contributed by atoms with Crippen LogP contribution in [-0.2, 0) is 6.54 Å². The largest absolute Gasteiger partial charge is 0.336 e. The van der Waals surface area contributed by atoms with Crippen molar-refractivity contribution in [1.29, 1.82) is 0 Å². The van der Waals surface area contributed by atoms with Gasteiger partial charge in [-0.15, -0.1) is 11.6 Å². The van der Waals surface area contributed by atoms with Gasteiger partial charge in [0.1, 0.15) is 5.82 Å². The molecule has 0 bridgehead atoms. The molecule has 6 heteroatoms. The van der Waals surface area contributed by atoms with Gasteiger partial charge in [0.25, 0.3) is 0 Å². The number of carbonyl (C=O) groups excluding carboxylic acids is 1. The number of fused-ring (bicyclic) bond motifs is 1. The second-order valence-corrected chi connectivity index (χ2v) is 6.01. The van der Waals surface area contributed by atoms with Crippen LogP contribution in [0.4, 0.5) is 4.79 Å². The first kappa shape index (κ1) is 15.6. The van der Waals surface area contributed by atoms with E-state index in [9.17, 15) is 4.79 Å². The molecule has 0 spiro atoms. The topological polar surface area (TPSA) is 50.2 Å².